The number of benzene rings is 1. The second kappa shape index (κ2) is 9.24. The van der Waals surface area contributed by atoms with Crippen LogP contribution in [0.15, 0.2) is 24.3 Å². The molecule has 1 aliphatic rings. The number of piperidine rings is 1. The molecule has 160 valence electrons. The lowest BCUT2D eigenvalue weighted by Gasteiger charge is -2.34. The first-order valence-electron chi connectivity index (χ1n) is 10.4. The molecule has 2 heterocycles. The highest BCUT2D eigenvalue weighted by atomic mass is 19.1. The average Bonchev–Trinajstić information content (AvgIpc) is 3.10. The first kappa shape index (κ1) is 21.7. The zero-order valence-corrected chi connectivity index (χ0v) is 17.6. The van der Waals surface area contributed by atoms with Crippen LogP contribution in [0.3, 0.4) is 0 Å². The number of hydrogen-bond acceptors (Lipinski definition) is 4. The van der Waals surface area contributed by atoms with E-state index in [9.17, 15) is 18.8 Å². The second-order valence-corrected chi connectivity index (χ2v) is 7.46. The monoisotopic (exact) mass is 414 g/mol. The van der Waals surface area contributed by atoms with Crippen molar-refractivity contribution in [2.24, 2.45) is 0 Å². The molecule has 0 unspecified atom stereocenters. The summed E-state index contributed by atoms with van der Waals surface area (Å²) in [6.45, 7) is 5.91. The van der Waals surface area contributed by atoms with Crippen molar-refractivity contribution in [3.8, 4) is 11.1 Å². The lowest BCUT2D eigenvalue weighted by atomic mass is 9.96. The largest absolute Gasteiger partial charge is 0.462 e. The molecule has 3 rings (SSSR count). The highest BCUT2D eigenvalue weighted by Gasteiger charge is 2.35. The SMILES string of the molecule is CCOC(=O)c1c(C)[nH]c(C(=O)C(=O)N2CCCC[C@@H]2CC)c1-c1ccccc1F. The Labute approximate surface area is 175 Å². The van der Waals surface area contributed by atoms with Gasteiger partial charge in [0.2, 0.25) is 0 Å². The number of ether oxygens (including phenoxy) is 1. The molecule has 1 amide bonds. The highest BCUT2D eigenvalue weighted by molar-refractivity contribution is 6.43. The number of carbonyl (C=O) groups excluding carboxylic acids is 3. The van der Waals surface area contributed by atoms with Crippen LogP contribution in [0.25, 0.3) is 11.1 Å². The fraction of sp³-hybridized carbons (Fsp3) is 0.435. The maximum absolute atomic E-state index is 14.7. The fourth-order valence-electron chi connectivity index (χ4n) is 4.12. The zero-order valence-electron chi connectivity index (χ0n) is 17.6. The molecule has 1 fully saturated rings. The van der Waals surface area contributed by atoms with Crippen LogP contribution in [0.5, 0.6) is 0 Å². The summed E-state index contributed by atoms with van der Waals surface area (Å²) < 4.78 is 19.8. The molecule has 1 N–H and O–H groups in total. The number of esters is 1. The molecule has 1 saturated heterocycles. The van der Waals surface area contributed by atoms with E-state index in [1.165, 1.54) is 18.2 Å². The third-order valence-corrected chi connectivity index (χ3v) is 5.59. The number of aryl methyl sites for hydroxylation is 1. The topological polar surface area (TPSA) is 79.5 Å². The number of halogens is 1. The van der Waals surface area contributed by atoms with Crippen molar-refractivity contribution in [2.75, 3.05) is 13.2 Å². The van der Waals surface area contributed by atoms with Crippen molar-refractivity contribution in [3.05, 3.63) is 47.0 Å². The summed E-state index contributed by atoms with van der Waals surface area (Å²) in [5.41, 5.74) is 0.502. The van der Waals surface area contributed by atoms with Gasteiger partial charge in [-0.3, -0.25) is 9.59 Å². The lowest BCUT2D eigenvalue weighted by molar-refractivity contribution is -0.130. The van der Waals surface area contributed by atoms with E-state index in [1.807, 2.05) is 6.92 Å². The number of amides is 1. The first-order valence-corrected chi connectivity index (χ1v) is 10.4. The van der Waals surface area contributed by atoms with E-state index in [2.05, 4.69) is 4.98 Å². The zero-order chi connectivity index (χ0) is 21.8. The summed E-state index contributed by atoms with van der Waals surface area (Å²) in [5, 5.41) is 0. The third kappa shape index (κ3) is 4.01. The molecule has 0 aliphatic carbocycles. The number of aromatic nitrogens is 1. The minimum atomic E-state index is -0.771. The Hall–Kier alpha value is -2.96. The summed E-state index contributed by atoms with van der Waals surface area (Å²) in [6.07, 6.45) is 3.48. The fourth-order valence-corrected chi connectivity index (χ4v) is 4.12. The third-order valence-electron chi connectivity index (χ3n) is 5.59. The summed E-state index contributed by atoms with van der Waals surface area (Å²) >= 11 is 0. The quantitative estimate of drug-likeness (QED) is 0.435. The van der Waals surface area contributed by atoms with E-state index in [4.69, 9.17) is 4.74 Å². The van der Waals surface area contributed by atoms with Crippen molar-refractivity contribution in [1.29, 1.82) is 0 Å². The maximum Gasteiger partial charge on any atom is 0.340 e. The summed E-state index contributed by atoms with van der Waals surface area (Å²) in [7, 11) is 0. The normalized spacial score (nSPS) is 16.4. The number of nitrogens with one attached hydrogen (secondary N) is 1. The van der Waals surface area contributed by atoms with Gasteiger partial charge in [-0.1, -0.05) is 25.1 Å². The van der Waals surface area contributed by atoms with Crippen LogP contribution >= 0.6 is 0 Å². The number of rotatable bonds is 6. The Morgan fingerprint density at radius 2 is 1.93 bits per heavy atom. The average molecular weight is 414 g/mol. The number of carbonyl (C=O) groups is 3. The van der Waals surface area contributed by atoms with Gasteiger partial charge in [0.25, 0.3) is 11.7 Å². The van der Waals surface area contributed by atoms with Crippen molar-refractivity contribution in [3.63, 3.8) is 0 Å². The van der Waals surface area contributed by atoms with Crippen LogP contribution in [-0.2, 0) is 9.53 Å². The van der Waals surface area contributed by atoms with Gasteiger partial charge in [0, 0.05) is 29.4 Å². The number of likely N-dealkylation sites (tertiary alicyclic amines) is 1. The van der Waals surface area contributed by atoms with E-state index >= 15 is 0 Å². The van der Waals surface area contributed by atoms with Gasteiger partial charge in [-0.25, -0.2) is 9.18 Å². The van der Waals surface area contributed by atoms with Gasteiger partial charge in [0.15, 0.2) is 0 Å². The van der Waals surface area contributed by atoms with E-state index in [0.717, 1.165) is 25.7 Å². The summed E-state index contributed by atoms with van der Waals surface area (Å²) in [6, 6.07) is 5.88. The molecule has 2 aromatic rings. The van der Waals surface area contributed by atoms with Crippen LogP contribution in [0.1, 0.15) is 66.1 Å². The minimum absolute atomic E-state index is 0.00713. The van der Waals surface area contributed by atoms with E-state index in [-0.39, 0.29) is 35.0 Å². The molecule has 30 heavy (non-hydrogen) atoms. The van der Waals surface area contributed by atoms with E-state index in [0.29, 0.717) is 12.2 Å². The van der Waals surface area contributed by atoms with Crippen molar-refractivity contribution in [2.45, 2.75) is 52.5 Å². The number of aromatic amines is 1. The van der Waals surface area contributed by atoms with E-state index < -0.39 is 23.5 Å². The predicted molar refractivity (Wildman–Crippen MR) is 111 cm³/mol. The Morgan fingerprint density at radius 3 is 2.60 bits per heavy atom. The minimum Gasteiger partial charge on any atom is -0.462 e. The molecule has 0 spiro atoms. The van der Waals surface area contributed by atoms with Crippen LogP contribution in [0, 0.1) is 12.7 Å². The molecule has 0 radical (unpaired) electrons. The van der Waals surface area contributed by atoms with Gasteiger partial charge in [-0.15, -0.1) is 0 Å². The van der Waals surface area contributed by atoms with Crippen LogP contribution < -0.4 is 0 Å². The second-order valence-electron chi connectivity index (χ2n) is 7.46. The number of ketones is 1. The van der Waals surface area contributed by atoms with Gasteiger partial charge in [0.05, 0.1) is 12.2 Å². The van der Waals surface area contributed by atoms with Crippen LogP contribution in [0.2, 0.25) is 0 Å². The smallest absolute Gasteiger partial charge is 0.340 e. The molecule has 1 aliphatic heterocycles. The number of hydrogen-bond donors (Lipinski definition) is 1. The molecule has 1 aromatic carbocycles. The molecule has 0 saturated carbocycles. The molecular weight excluding hydrogens is 387 g/mol. The van der Waals surface area contributed by atoms with Crippen LogP contribution in [0.4, 0.5) is 4.39 Å². The van der Waals surface area contributed by atoms with Crippen LogP contribution in [-0.4, -0.2) is 46.7 Å². The van der Waals surface area contributed by atoms with Gasteiger partial charge in [-0.05, 0) is 45.6 Å². The van der Waals surface area contributed by atoms with Gasteiger partial charge in [-0.2, -0.15) is 0 Å². The van der Waals surface area contributed by atoms with Gasteiger partial charge < -0.3 is 14.6 Å². The Kier molecular flexibility index (Phi) is 6.70. The van der Waals surface area contributed by atoms with Crippen molar-refractivity contribution >= 4 is 17.7 Å². The lowest BCUT2D eigenvalue weighted by Crippen LogP contribution is -2.46. The van der Waals surface area contributed by atoms with Gasteiger partial charge >= 0.3 is 5.97 Å². The number of H-pyrrole nitrogens is 1. The molecule has 1 atom stereocenters. The molecule has 6 nitrogen and oxygen atoms in total. The first-order chi connectivity index (χ1) is 14.4. The number of nitrogens with zero attached hydrogens (tertiary/aromatic N) is 1. The molecule has 0 bridgehead atoms. The van der Waals surface area contributed by atoms with E-state index in [1.54, 1.807) is 24.8 Å². The molecule has 7 heteroatoms. The van der Waals surface area contributed by atoms with Gasteiger partial charge in [0.1, 0.15) is 11.5 Å². The van der Waals surface area contributed by atoms with Crippen molar-refractivity contribution < 1.29 is 23.5 Å². The Bertz CT molecular complexity index is 966. The molecule has 1 aromatic heterocycles. The predicted octanol–water partition coefficient (Wildman–Crippen LogP) is 4.28. The molecular formula is C23H27FN2O4. The highest BCUT2D eigenvalue weighted by Crippen LogP contribution is 2.34. The standard InChI is InChI=1S/C23H27FN2O4/c1-4-15-10-8-9-13-26(15)22(28)21(27)20-19(16-11-6-7-12-17(16)24)18(14(3)25-20)23(29)30-5-2/h6-7,11-12,15,25H,4-5,8-10,13H2,1-3H3/t15-/m0/s1. The maximum atomic E-state index is 14.7. The van der Waals surface area contributed by atoms with Crippen molar-refractivity contribution in [1.82, 2.24) is 9.88 Å². The Morgan fingerprint density at radius 1 is 1.20 bits per heavy atom. The number of Topliss-reactive ketones (excluding diaryl/α,β-unsaturated/α-hetero) is 1. The summed E-state index contributed by atoms with van der Waals surface area (Å²) in [4.78, 5) is 43.4. The Balaban J connectivity index is 2.11. The summed E-state index contributed by atoms with van der Waals surface area (Å²) in [5.74, 6) is -2.66.